The standard InChI is InChI=1S/C11H19N3O4/c1-12-11(17)13-9(15)7-14-5-3-8(4-6-14)10(16)18-2/h8H,3-7H2,1-2H3,(H2,12,13,15,17)/p+1. The molecule has 3 amide bonds. The Bertz CT molecular complexity index is 324. The molecule has 1 saturated heterocycles. The predicted molar refractivity (Wildman–Crippen MR) is 62.9 cm³/mol. The molecule has 0 saturated carbocycles. The van der Waals surface area contributed by atoms with E-state index in [-0.39, 0.29) is 24.3 Å². The summed E-state index contributed by atoms with van der Waals surface area (Å²) in [7, 11) is 2.84. The molecule has 7 heteroatoms. The molecular formula is C11H20N3O4+. The highest BCUT2D eigenvalue weighted by Crippen LogP contribution is 2.10. The number of nitrogens with one attached hydrogen (secondary N) is 3. The number of likely N-dealkylation sites (tertiary alicyclic amines) is 1. The minimum atomic E-state index is -0.496. The van der Waals surface area contributed by atoms with E-state index in [1.54, 1.807) is 0 Å². The number of esters is 1. The Morgan fingerprint density at radius 2 is 1.89 bits per heavy atom. The predicted octanol–water partition coefficient (Wildman–Crippen LogP) is -2.09. The highest BCUT2D eigenvalue weighted by molar-refractivity contribution is 5.94. The van der Waals surface area contributed by atoms with E-state index in [4.69, 9.17) is 4.74 Å². The second kappa shape index (κ2) is 6.95. The van der Waals surface area contributed by atoms with Crippen molar-refractivity contribution in [3.63, 3.8) is 0 Å². The molecule has 0 bridgehead atoms. The topological polar surface area (TPSA) is 88.9 Å². The van der Waals surface area contributed by atoms with Crippen molar-refractivity contribution in [1.29, 1.82) is 0 Å². The lowest BCUT2D eigenvalue weighted by atomic mass is 9.97. The lowest BCUT2D eigenvalue weighted by Crippen LogP contribution is -3.14. The van der Waals surface area contributed by atoms with Crippen molar-refractivity contribution in [2.24, 2.45) is 5.92 Å². The van der Waals surface area contributed by atoms with Crippen LogP contribution >= 0.6 is 0 Å². The first-order chi connectivity index (χ1) is 8.56. The van der Waals surface area contributed by atoms with Crippen LogP contribution in [0, 0.1) is 5.92 Å². The molecule has 18 heavy (non-hydrogen) atoms. The molecule has 0 aromatic rings. The second-order valence-corrected chi connectivity index (χ2v) is 4.35. The molecule has 1 fully saturated rings. The molecule has 0 aromatic carbocycles. The third kappa shape index (κ3) is 4.33. The van der Waals surface area contributed by atoms with Gasteiger partial charge in [-0.25, -0.2) is 4.79 Å². The van der Waals surface area contributed by atoms with Crippen LogP contribution in [0.4, 0.5) is 4.79 Å². The first-order valence-corrected chi connectivity index (χ1v) is 5.99. The van der Waals surface area contributed by atoms with Gasteiger partial charge in [-0.05, 0) is 0 Å². The number of hydrogen-bond donors (Lipinski definition) is 3. The Hall–Kier alpha value is -1.63. The van der Waals surface area contributed by atoms with Gasteiger partial charge in [-0.1, -0.05) is 0 Å². The number of hydrogen-bond acceptors (Lipinski definition) is 4. The number of carbonyl (C=O) groups is 3. The van der Waals surface area contributed by atoms with Crippen molar-refractivity contribution in [1.82, 2.24) is 10.6 Å². The smallest absolute Gasteiger partial charge is 0.321 e. The number of piperidine rings is 1. The van der Waals surface area contributed by atoms with Crippen LogP contribution in [-0.4, -0.2) is 51.7 Å². The van der Waals surface area contributed by atoms with Gasteiger partial charge >= 0.3 is 12.0 Å². The van der Waals surface area contributed by atoms with Crippen LogP contribution < -0.4 is 15.5 Å². The minimum Gasteiger partial charge on any atom is -0.469 e. The second-order valence-electron chi connectivity index (χ2n) is 4.35. The molecule has 0 unspecified atom stereocenters. The van der Waals surface area contributed by atoms with Gasteiger partial charge in [0.1, 0.15) is 0 Å². The molecule has 3 N–H and O–H groups in total. The van der Waals surface area contributed by atoms with E-state index in [2.05, 4.69) is 10.6 Å². The van der Waals surface area contributed by atoms with E-state index in [9.17, 15) is 14.4 Å². The number of rotatable bonds is 3. The highest BCUT2D eigenvalue weighted by Gasteiger charge is 2.29. The van der Waals surface area contributed by atoms with Gasteiger partial charge in [0.2, 0.25) is 0 Å². The maximum Gasteiger partial charge on any atom is 0.321 e. The van der Waals surface area contributed by atoms with Crippen LogP contribution in [0.25, 0.3) is 0 Å². The van der Waals surface area contributed by atoms with Crippen molar-refractivity contribution >= 4 is 17.9 Å². The maximum atomic E-state index is 11.5. The zero-order chi connectivity index (χ0) is 13.5. The van der Waals surface area contributed by atoms with Crippen molar-refractivity contribution in [2.75, 3.05) is 33.8 Å². The first-order valence-electron chi connectivity index (χ1n) is 5.99. The lowest BCUT2D eigenvalue weighted by Gasteiger charge is -2.27. The van der Waals surface area contributed by atoms with Gasteiger partial charge in [0.25, 0.3) is 5.91 Å². The zero-order valence-electron chi connectivity index (χ0n) is 10.7. The Morgan fingerprint density at radius 1 is 1.28 bits per heavy atom. The fraction of sp³-hybridized carbons (Fsp3) is 0.727. The SMILES string of the molecule is CNC(=O)NC(=O)C[NH+]1CCC(C(=O)OC)CC1. The van der Waals surface area contributed by atoms with E-state index in [1.807, 2.05) is 0 Å². The van der Waals surface area contributed by atoms with Gasteiger partial charge in [0.05, 0.1) is 26.1 Å². The van der Waals surface area contributed by atoms with Crippen molar-refractivity contribution in [2.45, 2.75) is 12.8 Å². The number of amides is 3. The number of carbonyl (C=O) groups excluding carboxylic acids is 3. The summed E-state index contributed by atoms with van der Waals surface area (Å²) in [6.45, 7) is 1.73. The van der Waals surface area contributed by atoms with Crippen LogP contribution in [0.2, 0.25) is 0 Å². The first kappa shape index (κ1) is 14.4. The quantitative estimate of drug-likeness (QED) is 0.506. The molecule has 0 radical (unpaired) electrons. The van der Waals surface area contributed by atoms with Gasteiger partial charge in [0, 0.05) is 19.9 Å². The Morgan fingerprint density at radius 3 is 2.39 bits per heavy atom. The summed E-state index contributed by atoms with van der Waals surface area (Å²) in [4.78, 5) is 34.8. The monoisotopic (exact) mass is 258 g/mol. The van der Waals surface area contributed by atoms with Crippen molar-refractivity contribution in [3.8, 4) is 0 Å². The maximum absolute atomic E-state index is 11.5. The highest BCUT2D eigenvalue weighted by atomic mass is 16.5. The molecule has 1 aliphatic rings. The van der Waals surface area contributed by atoms with E-state index < -0.39 is 6.03 Å². The number of imide groups is 1. The number of ether oxygens (including phenoxy) is 1. The van der Waals surface area contributed by atoms with E-state index in [0.717, 1.165) is 30.8 Å². The number of urea groups is 1. The fourth-order valence-corrected chi connectivity index (χ4v) is 2.07. The molecular weight excluding hydrogens is 238 g/mol. The van der Waals surface area contributed by atoms with Crippen LogP contribution in [-0.2, 0) is 14.3 Å². The van der Waals surface area contributed by atoms with Gasteiger partial charge in [-0.15, -0.1) is 0 Å². The third-order valence-electron chi connectivity index (χ3n) is 3.12. The molecule has 1 rings (SSSR count). The average Bonchev–Trinajstić information content (AvgIpc) is 2.38. The third-order valence-corrected chi connectivity index (χ3v) is 3.12. The zero-order valence-corrected chi connectivity index (χ0v) is 10.7. The van der Waals surface area contributed by atoms with Gasteiger partial charge < -0.3 is 15.0 Å². The normalized spacial score (nSPS) is 23.0. The van der Waals surface area contributed by atoms with Gasteiger partial charge in [0.15, 0.2) is 6.54 Å². The van der Waals surface area contributed by atoms with Crippen molar-refractivity contribution < 1.29 is 24.0 Å². The van der Waals surface area contributed by atoms with Crippen LogP contribution in [0.1, 0.15) is 12.8 Å². The van der Waals surface area contributed by atoms with Crippen LogP contribution in [0.3, 0.4) is 0 Å². The molecule has 1 aliphatic heterocycles. The van der Waals surface area contributed by atoms with Gasteiger partial charge in [-0.2, -0.15) is 0 Å². The molecule has 0 spiro atoms. The molecule has 0 aliphatic carbocycles. The summed E-state index contributed by atoms with van der Waals surface area (Å²) in [6, 6.07) is -0.496. The van der Waals surface area contributed by atoms with Crippen molar-refractivity contribution in [3.05, 3.63) is 0 Å². The van der Waals surface area contributed by atoms with E-state index in [0.29, 0.717) is 0 Å². The summed E-state index contributed by atoms with van der Waals surface area (Å²) in [5.74, 6) is -0.537. The molecule has 1 heterocycles. The summed E-state index contributed by atoms with van der Waals surface area (Å²) in [5, 5.41) is 4.54. The average molecular weight is 258 g/mol. The fourth-order valence-electron chi connectivity index (χ4n) is 2.07. The summed E-state index contributed by atoms with van der Waals surface area (Å²) in [5.41, 5.74) is 0. The van der Waals surface area contributed by atoms with Gasteiger partial charge in [-0.3, -0.25) is 14.9 Å². The van der Waals surface area contributed by atoms with Crippen LogP contribution in [0.15, 0.2) is 0 Å². The largest absolute Gasteiger partial charge is 0.469 e. The number of methoxy groups -OCH3 is 1. The minimum absolute atomic E-state index is 0.0549. The Balaban J connectivity index is 2.29. The van der Waals surface area contributed by atoms with Crippen LogP contribution in [0.5, 0.6) is 0 Å². The summed E-state index contributed by atoms with van der Waals surface area (Å²) >= 11 is 0. The lowest BCUT2D eigenvalue weighted by molar-refractivity contribution is -0.897. The Labute approximate surface area is 106 Å². The molecule has 102 valence electrons. The summed E-state index contributed by atoms with van der Waals surface area (Å²) in [6.07, 6.45) is 1.44. The van der Waals surface area contributed by atoms with E-state index >= 15 is 0 Å². The molecule has 0 atom stereocenters. The molecule has 7 nitrogen and oxygen atoms in total. The number of quaternary nitrogens is 1. The molecule has 0 aromatic heterocycles. The summed E-state index contributed by atoms with van der Waals surface area (Å²) < 4.78 is 4.69. The van der Waals surface area contributed by atoms with E-state index in [1.165, 1.54) is 14.2 Å². The Kier molecular flexibility index (Phi) is 5.57.